The Labute approximate surface area is 135 Å². The fraction of sp³-hybridized carbons (Fsp3) is 0.333. The number of nitrogens with one attached hydrogen (secondary N) is 1. The van der Waals surface area contributed by atoms with Gasteiger partial charge < -0.3 is 15.3 Å². The van der Waals surface area contributed by atoms with E-state index in [1.165, 1.54) is 21.0 Å². The van der Waals surface area contributed by atoms with Gasteiger partial charge in [-0.2, -0.15) is 0 Å². The van der Waals surface area contributed by atoms with Crippen molar-refractivity contribution >= 4 is 17.4 Å². The molecule has 3 nitrogen and oxygen atoms in total. The molecule has 1 atom stereocenters. The van der Waals surface area contributed by atoms with Gasteiger partial charge in [-0.15, -0.1) is 0 Å². The van der Waals surface area contributed by atoms with E-state index < -0.39 is 6.10 Å². The van der Waals surface area contributed by atoms with E-state index in [1.54, 1.807) is 11.8 Å². The molecule has 0 aromatic heterocycles. The second kappa shape index (κ2) is 5.61. The first-order valence-corrected chi connectivity index (χ1v) is 8.61. The number of aliphatic hydroxyl groups is 1. The quantitative estimate of drug-likeness (QED) is 0.849. The van der Waals surface area contributed by atoms with E-state index in [0.717, 1.165) is 37.3 Å². The smallest absolute Gasteiger partial charge is 0.108 e. The average molecular weight is 312 g/mol. The summed E-state index contributed by atoms with van der Waals surface area (Å²) in [5.41, 5.74) is 4.55. The highest BCUT2D eigenvalue weighted by molar-refractivity contribution is 7.99. The lowest BCUT2D eigenvalue weighted by atomic mass is 9.96. The Morgan fingerprint density at radius 1 is 1.14 bits per heavy atom. The topological polar surface area (TPSA) is 35.5 Å². The molecule has 2 N–H and O–H groups in total. The molecule has 1 fully saturated rings. The zero-order valence-corrected chi connectivity index (χ0v) is 13.5. The number of rotatable bonds is 1. The summed E-state index contributed by atoms with van der Waals surface area (Å²) in [6.07, 6.45) is -0.530. The van der Waals surface area contributed by atoms with Gasteiger partial charge in [0.2, 0.25) is 0 Å². The van der Waals surface area contributed by atoms with Crippen LogP contribution in [0.5, 0.6) is 0 Å². The first kappa shape index (κ1) is 14.1. The molecule has 0 bridgehead atoms. The average Bonchev–Trinajstić information content (AvgIpc) is 2.57. The molecule has 0 radical (unpaired) electrons. The van der Waals surface area contributed by atoms with Gasteiger partial charge in [0.25, 0.3) is 0 Å². The normalized spacial score (nSPS) is 20.5. The number of benzene rings is 2. The maximum absolute atomic E-state index is 11.0. The third-order valence-electron chi connectivity index (χ3n) is 4.53. The van der Waals surface area contributed by atoms with Crippen molar-refractivity contribution in [3.63, 3.8) is 0 Å². The second-order valence-corrected chi connectivity index (χ2v) is 6.98. The molecule has 1 saturated heterocycles. The van der Waals surface area contributed by atoms with E-state index in [1.807, 2.05) is 18.2 Å². The molecule has 2 aliphatic heterocycles. The highest BCUT2D eigenvalue weighted by Gasteiger charge is 2.30. The molecule has 2 aliphatic rings. The van der Waals surface area contributed by atoms with Crippen molar-refractivity contribution in [2.75, 3.05) is 31.1 Å². The second-order valence-electron chi connectivity index (χ2n) is 5.92. The molecule has 1 unspecified atom stereocenters. The minimum Gasteiger partial charge on any atom is -0.383 e. The van der Waals surface area contributed by atoms with Gasteiger partial charge in [0, 0.05) is 47.2 Å². The van der Waals surface area contributed by atoms with E-state index >= 15 is 0 Å². The van der Waals surface area contributed by atoms with Crippen LogP contribution in [0.1, 0.15) is 22.8 Å². The van der Waals surface area contributed by atoms with Gasteiger partial charge in [0.1, 0.15) is 6.10 Å². The van der Waals surface area contributed by atoms with Crippen LogP contribution in [0.3, 0.4) is 0 Å². The highest BCUT2D eigenvalue weighted by Crippen LogP contribution is 2.49. The summed E-state index contributed by atoms with van der Waals surface area (Å²) < 4.78 is 0. The lowest BCUT2D eigenvalue weighted by Gasteiger charge is -2.35. The summed E-state index contributed by atoms with van der Waals surface area (Å²) in [5.74, 6) is 0. The van der Waals surface area contributed by atoms with Gasteiger partial charge >= 0.3 is 0 Å². The monoisotopic (exact) mass is 312 g/mol. The van der Waals surface area contributed by atoms with Gasteiger partial charge in [-0.05, 0) is 30.2 Å². The molecule has 0 saturated carbocycles. The first-order valence-electron chi connectivity index (χ1n) is 7.80. The molecule has 4 heteroatoms. The SMILES string of the molecule is Cc1ccc(N2CCNCC2)c2c1Sc1ccccc1C2O. The van der Waals surface area contributed by atoms with Crippen LogP contribution in [-0.2, 0) is 0 Å². The predicted molar refractivity (Wildman–Crippen MR) is 90.9 cm³/mol. The number of aryl methyl sites for hydroxylation is 1. The number of piperazine rings is 1. The Hall–Kier alpha value is -1.49. The van der Waals surface area contributed by atoms with Gasteiger partial charge in [0.15, 0.2) is 0 Å². The molecule has 22 heavy (non-hydrogen) atoms. The number of hydrogen-bond acceptors (Lipinski definition) is 4. The Bertz CT molecular complexity index is 710. The molecule has 0 aliphatic carbocycles. The van der Waals surface area contributed by atoms with E-state index in [4.69, 9.17) is 0 Å². The number of anilines is 1. The molecule has 4 rings (SSSR count). The third kappa shape index (κ3) is 2.22. The molecule has 2 aromatic rings. The van der Waals surface area contributed by atoms with Crippen molar-refractivity contribution in [2.24, 2.45) is 0 Å². The fourth-order valence-corrected chi connectivity index (χ4v) is 4.56. The summed E-state index contributed by atoms with van der Waals surface area (Å²) >= 11 is 1.79. The number of hydrogen-bond donors (Lipinski definition) is 2. The molecular formula is C18H20N2OS. The van der Waals surface area contributed by atoms with Crippen LogP contribution in [0.4, 0.5) is 5.69 Å². The minimum atomic E-state index is -0.530. The number of aliphatic hydroxyl groups excluding tert-OH is 1. The number of fused-ring (bicyclic) bond motifs is 2. The molecule has 0 spiro atoms. The predicted octanol–water partition coefficient (Wildman–Crippen LogP) is 2.95. The summed E-state index contributed by atoms with van der Waals surface area (Å²) in [6, 6.07) is 12.6. The summed E-state index contributed by atoms with van der Waals surface area (Å²) in [7, 11) is 0. The van der Waals surface area contributed by atoms with E-state index in [-0.39, 0.29) is 0 Å². The van der Waals surface area contributed by atoms with Crippen LogP contribution in [0.25, 0.3) is 0 Å². The maximum Gasteiger partial charge on any atom is 0.108 e. The van der Waals surface area contributed by atoms with Crippen LogP contribution in [0, 0.1) is 6.92 Å². The highest BCUT2D eigenvalue weighted by atomic mass is 32.2. The van der Waals surface area contributed by atoms with Gasteiger partial charge in [0.05, 0.1) is 0 Å². The lowest BCUT2D eigenvalue weighted by molar-refractivity contribution is 0.213. The van der Waals surface area contributed by atoms with E-state index in [2.05, 4.69) is 35.3 Å². The number of nitrogens with zero attached hydrogens (tertiary/aromatic N) is 1. The van der Waals surface area contributed by atoms with Crippen LogP contribution in [0.15, 0.2) is 46.2 Å². The van der Waals surface area contributed by atoms with Crippen molar-refractivity contribution in [1.29, 1.82) is 0 Å². The van der Waals surface area contributed by atoms with Gasteiger partial charge in [-0.1, -0.05) is 36.0 Å². The minimum absolute atomic E-state index is 0.530. The van der Waals surface area contributed by atoms with Crippen molar-refractivity contribution in [3.8, 4) is 0 Å². The van der Waals surface area contributed by atoms with Crippen LogP contribution in [0.2, 0.25) is 0 Å². The van der Waals surface area contributed by atoms with Crippen molar-refractivity contribution < 1.29 is 5.11 Å². The summed E-state index contributed by atoms with van der Waals surface area (Å²) in [4.78, 5) is 4.79. The lowest BCUT2D eigenvalue weighted by Crippen LogP contribution is -2.44. The van der Waals surface area contributed by atoms with Gasteiger partial charge in [-0.3, -0.25) is 0 Å². The molecule has 0 amide bonds. The van der Waals surface area contributed by atoms with Crippen LogP contribution >= 0.6 is 11.8 Å². The Morgan fingerprint density at radius 2 is 1.91 bits per heavy atom. The van der Waals surface area contributed by atoms with E-state index in [0.29, 0.717) is 0 Å². The Morgan fingerprint density at radius 3 is 2.73 bits per heavy atom. The maximum atomic E-state index is 11.0. The fourth-order valence-electron chi connectivity index (χ4n) is 3.34. The Kier molecular flexibility index (Phi) is 3.60. The molecule has 114 valence electrons. The van der Waals surface area contributed by atoms with Crippen molar-refractivity contribution in [1.82, 2.24) is 5.32 Å². The molecule has 2 aromatic carbocycles. The summed E-state index contributed by atoms with van der Waals surface area (Å²) in [5, 5.41) is 14.4. The summed E-state index contributed by atoms with van der Waals surface area (Å²) in [6.45, 7) is 6.13. The van der Waals surface area contributed by atoms with Gasteiger partial charge in [-0.25, -0.2) is 0 Å². The zero-order chi connectivity index (χ0) is 15.1. The van der Waals surface area contributed by atoms with Crippen molar-refractivity contribution in [2.45, 2.75) is 22.8 Å². The van der Waals surface area contributed by atoms with Crippen molar-refractivity contribution in [3.05, 3.63) is 53.1 Å². The van der Waals surface area contributed by atoms with E-state index in [9.17, 15) is 5.11 Å². The Balaban J connectivity index is 1.85. The zero-order valence-electron chi connectivity index (χ0n) is 12.7. The third-order valence-corrected chi connectivity index (χ3v) is 5.86. The molecule has 2 heterocycles. The molecular weight excluding hydrogens is 292 g/mol. The van der Waals surface area contributed by atoms with Crippen LogP contribution < -0.4 is 10.2 Å². The van der Waals surface area contributed by atoms with Crippen LogP contribution in [-0.4, -0.2) is 31.3 Å². The first-order chi connectivity index (χ1) is 10.8. The standard InChI is InChI=1S/C18H20N2OS/c1-12-6-7-14(20-10-8-19-9-11-20)16-17(21)13-4-2-3-5-15(13)22-18(12)16/h2-7,17,19,21H,8-11H2,1H3. The largest absolute Gasteiger partial charge is 0.383 e.